The highest BCUT2D eigenvalue weighted by atomic mass is 32.2. The second kappa shape index (κ2) is 7.43. The van der Waals surface area contributed by atoms with E-state index in [-0.39, 0.29) is 5.91 Å². The smallest absolute Gasteiger partial charge is 0.243 e. The second-order valence-corrected chi connectivity index (χ2v) is 8.96. The molecule has 0 saturated carbocycles. The van der Waals surface area contributed by atoms with Gasteiger partial charge in [0.2, 0.25) is 15.9 Å². The van der Waals surface area contributed by atoms with Gasteiger partial charge in [0.15, 0.2) is 0 Å². The molecule has 1 fully saturated rings. The van der Waals surface area contributed by atoms with E-state index in [2.05, 4.69) is 0 Å². The van der Waals surface area contributed by atoms with E-state index in [4.69, 9.17) is 5.73 Å². The Hall–Kier alpha value is -1.44. The summed E-state index contributed by atoms with van der Waals surface area (Å²) in [5.74, 6) is 0.500. The number of carbonyl (C=O) groups excluding carboxylic acids is 1. The number of sulfonamides is 1. The lowest BCUT2D eigenvalue weighted by Crippen LogP contribution is -2.40. The third-order valence-corrected chi connectivity index (χ3v) is 7.36. The van der Waals surface area contributed by atoms with Gasteiger partial charge >= 0.3 is 0 Å². The average molecular weight is 365 g/mol. The Morgan fingerprint density at radius 2 is 1.76 bits per heavy atom. The summed E-state index contributed by atoms with van der Waals surface area (Å²) < 4.78 is 27.5. The van der Waals surface area contributed by atoms with Crippen LogP contribution in [0, 0.1) is 5.92 Å². The number of carbonyl (C=O) groups is 1. The maximum Gasteiger partial charge on any atom is 0.243 e. The fraction of sp³-hybridized carbons (Fsp3) is 0.611. The molecule has 6 nitrogen and oxygen atoms in total. The molecular formula is C18H27N3O3S. The topological polar surface area (TPSA) is 83.7 Å². The highest BCUT2D eigenvalue weighted by Gasteiger charge is 2.29. The van der Waals surface area contributed by atoms with Gasteiger partial charge in [-0.1, -0.05) is 6.07 Å². The maximum absolute atomic E-state index is 13.0. The zero-order chi connectivity index (χ0) is 18.0. The van der Waals surface area contributed by atoms with Gasteiger partial charge in [0.05, 0.1) is 4.90 Å². The second-order valence-electron chi connectivity index (χ2n) is 7.02. The van der Waals surface area contributed by atoms with E-state index in [1.165, 1.54) is 0 Å². The normalized spacial score (nSPS) is 20.2. The molecule has 3 rings (SSSR count). The molecule has 0 aromatic heterocycles. The van der Waals surface area contributed by atoms with Crippen molar-refractivity contribution >= 4 is 15.9 Å². The van der Waals surface area contributed by atoms with Crippen LogP contribution in [0.2, 0.25) is 0 Å². The van der Waals surface area contributed by atoms with Gasteiger partial charge in [-0.05, 0) is 61.4 Å². The predicted octanol–water partition coefficient (Wildman–Crippen LogP) is 0.993. The van der Waals surface area contributed by atoms with Gasteiger partial charge in [0, 0.05) is 33.1 Å². The van der Waals surface area contributed by atoms with Crippen LogP contribution in [0.15, 0.2) is 23.1 Å². The van der Waals surface area contributed by atoms with Gasteiger partial charge in [-0.15, -0.1) is 0 Å². The molecule has 1 saturated heterocycles. The molecule has 1 aromatic rings. The average Bonchev–Trinajstić information content (AvgIpc) is 2.83. The van der Waals surface area contributed by atoms with Crippen molar-refractivity contribution in [3.63, 3.8) is 0 Å². The quantitative estimate of drug-likeness (QED) is 0.866. The van der Waals surface area contributed by atoms with Crippen molar-refractivity contribution in [3.05, 3.63) is 29.3 Å². The molecule has 2 aliphatic heterocycles. The van der Waals surface area contributed by atoms with Crippen molar-refractivity contribution in [3.8, 4) is 0 Å². The summed E-state index contributed by atoms with van der Waals surface area (Å²) in [7, 11) is -3.46. The summed E-state index contributed by atoms with van der Waals surface area (Å²) in [6.07, 6.45) is 3.13. The fourth-order valence-corrected chi connectivity index (χ4v) is 5.23. The summed E-state index contributed by atoms with van der Waals surface area (Å²) in [5.41, 5.74) is 7.88. The van der Waals surface area contributed by atoms with Gasteiger partial charge in [-0.3, -0.25) is 4.79 Å². The standard InChI is InChI=1S/C18H27N3O3S/c1-14(22)20-8-6-16-2-3-18(12-17(16)7-9-20)25(23,24)21-10-4-15(13-19)5-11-21/h2-3,12,15H,4-11,13,19H2,1H3. The summed E-state index contributed by atoms with van der Waals surface area (Å²) in [6, 6.07) is 5.44. The predicted molar refractivity (Wildman–Crippen MR) is 96.6 cm³/mol. The first-order valence-electron chi connectivity index (χ1n) is 8.99. The van der Waals surface area contributed by atoms with Crippen LogP contribution in [0.3, 0.4) is 0 Å². The van der Waals surface area contributed by atoms with Gasteiger partial charge < -0.3 is 10.6 Å². The van der Waals surface area contributed by atoms with Crippen molar-refractivity contribution in [2.75, 3.05) is 32.7 Å². The number of hydrogen-bond acceptors (Lipinski definition) is 4. The van der Waals surface area contributed by atoms with Crippen LogP contribution < -0.4 is 5.73 Å². The Labute approximate surface area is 150 Å². The van der Waals surface area contributed by atoms with Crippen molar-refractivity contribution in [2.45, 2.75) is 37.5 Å². The van der Waals surface area contributed by atoms with E-state index < -0.39 is 10.0 Å². The lowest BCUT2D eigenvalue weighted by atomic mass is 9.99. The van der Waals surface area contributed by atoms with E-state index in [1.54, 1.807) is 17.3 Å². The number of nitrogens with two attached hydrogens (primary N) is 1. The van der Waals surface area contributed by atoms with Crippen LogP contribution >= 0.6 is 0 Å². The Morgan fingerprint density at radius 3 is 2.36 bits per heavy atom. The highest BCUT2D eigenvalue weighted by molar-refractivity contribution is 7.89. The van der Waals surface area contributed by atoms with E-state index in [9.17, 15) is 13.2 Å². The molecule has 2 aliphatic rings. The monoisotopic (exact) mass is 365 g/mol. The molecular weight excluding hydrogens is 338 g/mol. The van der Waals surface area contributed by atoms with Gasteiger partial charge in [-0.25, -0.2) is 8.42 Å². The minimum atomic E-state index is -3.46. The number of fused-ring (bicyclic) bond motifs is 1. The summed E-state index contributed by atoms with van der Waals surface area (Å²) in [6.45, 7) is 4.63. The largest absolute Gasteiger partial charge is 0.342 e. The number of nitrogens with zero attached hydrogens (tertiary/aromatic N) is 2. The zero-order valence-corrected chi connectivity index (χ0v) is 15.6. The molecule has 0 atom stereocenters. The van der Waals surface area contributed by atoms with Crippen LogP contribution in [0.1, 0.15) is 30.9 Å². The molecule has 1 aromatic carbocycles. The molecule has 1 amide bonds. The molecule has 7 heteroatoms. The minimum Gasteiger partial charge on any atom is -0.342 e. The maximum atomic E-state index is 13.0. The van der Waals surface area contributed by atoms with E-state index >= 15 is 0 Å². The first kappa shape index (κ1) is 18.4. The molecule has 0 aliphatic carbocycles. The number of rotatable bonds is 3. The molecule has 2 N–H and O–H groups in total. The Balaban J connectivity index is 1.79. The molecule has 0 radical (unpaired) electrons. The first-order valence-corrected chi connectivity index (χ1v) is 10.4. The van der Waals surface area contributed by atoms with E-state index in [0.29, 0.717) is 50.0 Å². The van der Waals surface area contributed by atoms with Crippen LogP contribution in [0.5, 0.6) is 0 Å². The van der Waals surface area contributed by atoms with Gasteiger partial charge in [-0.2, -0.15) is 4.31 Å². The Bertz CT molecular complexity index is 740. The number of benzene rings is 1. The molecule has 25 heavy (non-hydrogen) atoms. The Morgan fingerprint density at radius 1 is 1.12 bits per heavy atom. The molecule has 138 valence electrons. The van der Waals surface area contributed by atoms with E-state index in [0.717, 1.165) is 30.4 Å². The third kappa shape index (κ3) is 3.88. The fourth-order valence-electron chi connectivity index (χ4n) is 3.71. The summed E-state index contributed by atoms with van der Waals surface area (Å²) in [4.78, 5) is 13.8. The lowest BCUT2D eigenvalue weighted by Gasteiger charge is -2.30. The lowest BCUT2D eigenvalue weighted by molar-refractivity contribution is -0.128. The Kier molecular flexibility index (Phi) is 5.46. The molecule has 2 heterocycles. The third-order valence-electron chi connectivity index (χ3n) is 5.47. The number of amides is 1. The van der Waals surface area contributed by atoms with Crippen LogP contribution in [0.4, 0.5) is 0 Å². The van der Waals surface area contributed by atoms with Crippen molar-refractivity contribution in [2.24, 2.45) is 11.7 Å². The van der Waals surface area contributed by atoms with Gasteiger partial charge in [0.1, 0.15) is 0 Å². The van der Waals surface area contributed by atoms with Gasteiger partial charge in [0.25, 0.3) is 0 Å². The zero-order valence-electron chi connectivity index (χ0n) is 14.8. The van der Waals surface area contributed by atoms with Crippen molar-refractivity contribution in [1.82, 2.24) is 9.21 Å². The SMILES string of the molecule is CC(=O)N1CCc2ccc(S(=O)(=O)N3CCC(CN)CC3)cc2CC1. The van der Waals surface area contributed by atoms with Crippen LogP contribution in [-0.4, -0.2) is 56.3 Å². The minimum absolute atomic E-state index is 0.0726. The highest BCUT2D eigenvalue weighted by Crippen LogP contribution is 2.26. The van der Waals surface area contributed by atoms with Crippen LogP contribution in [-0.2, 0) is 27.7 Å². The summed E-state index contributed by atoms with van der Waals surface area (Å²) in [5, 5.41) is 0. The van der Waals surface area contributed by atoms with Crippen molar-refractivity contribution in [1.29, 1.82) is 0 Å². The number of hydrogen-bond donors (Lipinski definition) is 1. The molecule has 0 unspecified atom stereocenters. The number of piperidine rings is 1. The molecule has 0 spiro atoms. The van der Waals surface area contributed by atoms with Crippen molar-refractivity contribution < 1.29 is 13.2 Å². The van der Waals surface area contributed by atoms with Crippen LogP contribution in [0.25, 0.3) is 0 Å². The first-order chi connectivity index (χ1) is 11.9. The molecule has 0 bridgehead atoms. The van der Waals surface area contributed by atoms with E-state index in [1.807, 2.05) is 17.0 Å². The summed E-state index contributed by atoms with van der Waals surface area (Å²) >= 11 is 0.